The number of carbonyl (C=O) groups is 1. The lowest BCUT2D eigenvalue weighted by molar-refractivity contribution is 0.103. The molecule has 4 aromatic rings. The van der Waals surface area contributed by atoms with Crippen molar-refractivity contribution in [2.75, 3.05) is 41.3 Å². The van der Waals surface area contributed by atoms with Gasteiger partial charge in [-0.25, -0.2) is 15.0 Å². The maximum absolute atomic E-state index is 13.1. The van der Waals surface area contributed by atoms with Crippen LogP contribution in [0.15, 0.2) is 48.7 Å². The van der Waals surface area contributed by atoms with E-state index in [1.807, 2.05) is 50.4 Å². The second-order valence-corrected chi connectivity index (χ2v) is 9.33. The molecule has 168 valence electrons. The zero-order chi connectivity index (χ0) is 22.9. The fourth-order valence-electron chi connectivity index (χ4n) is 4.10. The van der Waals surface area contributed by atoms with E-state index in [0.29, 0.717) is 21.4 Å². The molecule has 0 spiro atoms. The van der Waals surface area contributed by atoms with Crippen molar-refractivity contribution >= 4 is 56.4 Å². The highest BCUT2D eigenvalue weighted by Crippen LogP contribution is 2.36. The fraction of sp³-hybridized carbons (Fsp3) is 0.250. The Bertz CT molecular complexity index is 1320. The summed E-state index contributed by atoms with van der Waals surface area (Å²) in [4.78, 5) is 33.0. The van der Waals surface area contributed by atoms with Crippen molar-refractivity contribution in [2.24, 2.45) is 0 Å². The monoisotopic (exact) mass is 478 g/mol. The highest BCUT2D eigenvalue weighted by molar-refractivity contribution is 7.20. The van der Waals surface area contributed by atoms with Gasteiger partial charge in [-0.15, -0.1) is 11.3 Å². The first-order chi connectivity index (χ1) is 16.0. The summed E-state index contributed by atoms with van der Waals surface area (Å²) < 4.78 is 0. The molecule has 5 rings (SSSR count). The minimum absolute atomic E-state index is 0.188. The van der Waals surface area contributed by atoms with Gasteiger partial charge in [0.25, 0.3) is 5.91 Å². The summed E-state index contributed by atoms with van der Waals surface area (Å²) in [6, 6.07) is 13.2. The number of aryl methyl sites for hydroxylation is 2. The second-order valence-electron chi connectivity index (χ2n) is 7.93. The van der Waals surface area contributed by atoms with Crippen LogP contribution in [0.2, 0.25) is 5.02 Å². The summed E-state index contributed by atoms with van der Waals surface area (Å²) >= 11 is 7.62. The zero-order valence-corrected chi connectivity index (χ0v) is 20.0. The third kappa shape index (κ3) is 4.24. The van der Waals surface area contributed by atoms with Crippen LogP contribution < -0.4 is 15.1 Å². The third-order valence-corrected chi connectivity index (χ3v) is 7.28. The van der Waals surface area contributed by atoms with Gasteiger partial charge < -0.3 is 15.1 Å². The van der Waals surface area contributed by atoms with Crippen molar-refractivity contribution in [1.82, 2.24) is 15.0 Å². The SMILES string of the molecule is Cc1nc(N2CCN(c3ccccn3)CC2)c2c(C)c(C(=O)Nc3ccccc3Cl)sc2n1. The number of halogens is 1. The van der Waals surface area contributed by atoms with Crippen LogP contribution in [0.1, 0.15) is 21.1 Å². The van der Waals surface area contributed by atoms with Gasteiger partial charge in [0.2, 0.25) is 0 Å². The molecule has 1 N–H and O–H groups in total. The summed E-state index contributed by atoms with van der Waals surface area (Å²) in [5.41, 5.74) is 1.48. The predicted molar refractivity (Wildman–Crippen MR) is 135 cm³/mol. The molecule has 1 aliphatic heterocycles. The van der Waals surface area contributed by atoms with E-state index >= 15 is 0 Å². The van der Waals surface area contributed by atoms with Crippen LogP contribution in [0.5, 0.6) is 0 Å². The molecule has 1 amide bonds. The molecule has 0 unspecified atom stereocenters. The number of hydrogen-bond acceptors (Lipinski definition) is 7. The number of benzene rings is 1. The van der Waals surface area contributed by atoms with Crippen LogP contribution >= 0.6 is 22.9 Å². The largest absolute Gasteiger partial charge is 0.353 e. The van der Waals surface area contributed by atoms with E-state index in [4.69, 9.17) is 16.6 Å². The van der Waals surface area contributed by atoms with Crippen LogP contribution in [0.3, 0.4) is 0 Å². The van der Waals surface area contributed by atoms with Gasteiger partial charge in [-0.05, 0) is 43.7 Å². The Morgan fingerprint density at radius 2 is 1.73 bits per heavy atom. The fourth-order valence-corrected chi connectivity index (χ4v) is 5.40. The van der Waals surface area contributed by atoms with E-state index in [2.05, 4.69) is 25.1 Å². The van der Waals surface area contributed by atoms with E-state index in [0.717, 1.165) is 53.6 Å². The molecular weight excluding hydrogens is 456 g/mol. The Balaban J connectivity index is 1.44. The summed E-state index contributed by atoms with van der Waals surface area (Å²) in [7, 11) is 0. The minimum atomic E-state index is -0.188. The maximum atomic E-state index is 13.1. The van der Waals surface area contributed by atoms with Gasteiger partial charge in [-0.2, -0.15) is 0 Å². The topological polar surface area (TPSA) is 74.2 Å². The molecule has 9 heteroatoms. The molecule has 33 heavy (non-hydrogen) atoms. The van der Waals surface area contributed by atoms with Crippen LogP contribution in [0.25, 0.3) is 10.2 Å². The van der Waals surface area contributed by atoms with E-state index in [1.54, 1.807) is 12.1 Å². The van der Waals surface area contributed by atoms with Gasteiger partial charge >= 0.3 is 0 Å². The maximum Gasteiger partial charge on any atom is 0.266 e. The minimum Gasteiger partial charge on any atom is -0.353 e. The Hall–Kier alpha value is -3.23. The highest BCUT2D eigenvalue weighted by atomic mass is 35.5. The van der Waals surface area contributed by atoms with Gasteiger partial charge in [0.15, 0.2) is 0 Å². The lowest BCUT2D eigenvalue weighted by atomic mass is 10.1. The number of carbonyl (C=O) groups excluding carboxylic acids is 1. The molecule has 0 radical (unpaired) electrons. The average molecular weight is 479 g/mol. The zero-order valence-electron chi connectivity index (χ0n) is 18.4. The number of nitrogens with one attached hydrogen (secondary N) is 1. The molecule has 1 aromatic carbocycles. The van der Waals surface area contributed by atoms with Gasteiger partial charge in [-0.1, -0.05) is 29.8 Å². The quantitative estimate of drug-likeness (QED) is 0.448. The van der Waals surface area contributed by atoms with Crippen LogP contribution in [0, 0.1) is 13.8 Å². The van der Waals surface area contributed by atoms with Crippen LogP contribution in [-0.2, 0) is 0 Å². The Labute approximate surface area is 201 Å². The second kappa shape index (κ2) is 8.96. The molecule has 0 bridgehead atoms. The first kappa shape index (κ1) is 21.6. The average Bonchev–Trinajstić information content (AvgIpc) is 3.17. The number of amides is 1. The van der Waals surface area contributed by atoms with Crippen molar-refractivity contribution in [1.29, 1.82) is 0 Å². The van der Waals surface area contributed by atoms with Gasteiger partial charge in [0.05, 0.1) is 21.0 Å². The number of rotatable bonds is 4. The molecule has 1 aliphatic rings. The molecular formula is C24H23ClN6OS. The van der Waals surface area contributed by atoms with Crippen molar-refractivity contribution in [2.45, 2.75) is 13.8 Å². The van der Waals surface area contributed by atoms with Crippen molar-refractivity contribution in [3.05, 3.63) is 69.9 Å². The lowest BCUT2D eigenvalue weighted by Crippen LogP contribution is -2.47. The van der Waals surface area contributed by atoms with E-state index in [-0.39, 0.29) is 5.91 Å². The van der Waals surface area contributed by atoms with Crippen LogP contribution in [0.4, 0.5) is 17.3 Å². The summed E-state index contributed by atoms with van der Waals surface area (Å²) in [6.07, 6.45) is 1.82. The summed E-state index contributed by atoms with van der Waals surface area (Å²) in [5.74, 6) is 2.39. The molecule has 7 nitrogen and oxygen atoms in total. The number of fused-ring (bicyclic) bond motifs is 1. The normalized spacial score (nSPS) is 14.0. The Kier molecular flexibility index (Phi) is 5.86. The number of piperazine rings is 1. The van der Waals surface area contributed by atoms with Gasteiger partial charge in [0.1, 0.15) is 22.3 Å². The standard InChI is InChI=1S/C24H23ClN6OS/c1-15-20-22(31-13-11-30(12-14-31)19-9-5-6-10-26-19)27-16(2)28-24(20)33-21(15)23(32)29-18-8-4-3-7-17(18)25/h3-10H,11-14H2,1-2H3,(H,29,32). The van der Waals surface area contributed by atoms with Crippen molar-refractivity contribution in [3.8, 4) is 0 Å². The molecule has 0 saturated carbocycles. The molecule has 1 fully saturated rings. The Morgan fingerprint density at radius 3 is 2.45 bits per heavy atom. The number of pyridine rings is 1. The summed E-state index contributed by atoms with van der Waals surface area (Å²) in [6.45, 7) is 7.20. The van der Waals surface area contributed by atoms with Gasteiger partial charge in [-0.3, -0.25) is 4.79 Å². The molecule has 0 aliphatic carbocycles. The number of aromatic nitrogens is 3. The number of thiophene rings is 1. The highest BCUT2D eigenvalue weighted by Gasteiger charge is 2.25. The molecule has 4 heterocycles. The number of para-hydroxylation sites is 1. The number of anilines is 3. The first-order valence-corrected chi connectivity index (χ1v) is 12.0. The van der Waals surface area contributed by atoms with Gasteiger partial charge in [0, 0.05) is 32.4 Å². The third-order valence-electron chi connectivity index (χ3n) is 5.76. The number of nitrogens with zero attached hydrogens (tertiary/aromatic N) is 5. The Morgan fingerprint density at radius 1 is 1.00 bits per heavy atom. The summed E-state index contributed by atoms with van der Waals surface area (Å²) in [5, 5.41) is 4.38. The van der Waals surface area contributed by atoms with E-state index in [9.17, 15) is 4.79 Å². The first-order valence-electron chi connectivity index (χ1n) is 10.8. The van der Waals surface area contributed by atoms with Crippen molar-refractivity contribution < 1.29 is 4.79 Å². The number of hydrogen-bond donors (Lipinski definition) is 1. The molecule has 3 aromatic heterocycles. The lowest BCUT2D eigenvalue weighted by Gasteiger charge is -2.36. The predicted octanol–water partition coefficient (Wildman–Crippen LogP) is 4.94. The van der Waals surface area contributed by atoms with Crippen molar-refractivity contribution in [3.63, 3.8) is 0 Å². The molecule has 0 atom stereocenters. The smallest absolute Gasteiger partial charge is 0.266 e. The molecule has 1 saturated heterocycles. The van der Waals surface area contributed by atoms with E-state index < -0.39 is 0 Å². The van der Waals surface area contributed by atoms with E-state index in [1.165, 1.54) is 11.3 Å². The van der Waals surface area contributed by atoms with Crippen LogP contribution in [-0.4, -0.2) is 47.0 Å².